The highest BCUT2D eigenvalue weighted by atomic mass is 16.1. The fraction of sp³-hybridized carbons (Fsp3) is 0.250. The van der Waals surface area contributed by atoms with Crippen molar-refractivity contribution < 1.29 is 4.79 Å². The Morgan fingerprint density at radius 2 is 2.62 bits per heavy atom. The Morgan fingerprint density at radius 1 is 1.88 bits per heavy atom. The molecule has 0 aromatic heterocycles. The highest BCUT2D eigenvalue weighted by molar-refractivity contribution is 6.41. The number of carbonyl (C=O) groups excluding carboxylic acids is 1. The summed E-state index contributed by atoms with van der Waals surface area (Å²) in [5, 5.41) is 0. The number of amides is 1. The molecule has 1 heterocycles. The highest BCUT2D eigenvalue weighted by Gasteiger charge is 2.06. The van der Waals surface area contributed by atoms with Gasteiger partial charge in [0.2, 0.25) is 0 Å². The Balaban J connectivity index is 2.64. The van der Waals surface area contributed by atoms with Gasteiger partial charge in [-0.1, -0.05) is 0 Å². The standard InChI is InChI=1S/C4H5N3O/c5-4(8)3-1-6-2-7-3/h2H,1H2,(H2,5,8). The van der Waals surface area contributed by atoms with Crippen LogP contribution in [0.15, 0.2) is 9.98 Å². The van der Waals surface area contributed by atoms with Crippen LogP contribution in [-0.2, 0) is 4.79 Å². The third-order valence-electron chi connectivity index (χ3n) is 0.821. The SMILES string of the molecule is NC(=O)C1=NC=NC1. The van der Waals surface area contributed by atoms with E-state index in [0.29, 0.717) is 12.3 Å². The molecule has 4 nitrogen and oxygen atoms in total. The number of primary amides is 1. The molecule has 1 amide bonds. The van der Waals surface area contributed by atoms with E-state index in [0.717, 1.165) is 0 Å². The van der Waals surface area contributed by atoms with E-state index in [-0.39, 0.29) is 0 Å². The van der Waals surface area contributed by atoms with E-state index in [1.54, 1.807) is 0 Å². The van der Waals surface area contributed by atoms with E-state index in [2.05, 4.69) is 9.98 Å². The van der Waals surface area contributed by atoms with Crippen molar-refractivity contribution in [1.29, 1.82) is 0 Å². The average molecular weight is 111 g/mol. The molecule has 0 fully saturated rings. The van der Waals surface area contributed by atoms with Gasteiger partial charge < -0.3 is 5.73 Å². The van der Waals surface area contributed by atoms with E-state index in [1.807, 2.05) is 0 Å². The van der Waals surface area contributed by atoms with Crippen LogP contribution in [0.4, 0.5) is 0 Å². The van der Waals surface area contributed by atoms with Crippen molar-refractivity contribution in [2.75, 3.05) is 6.54 Å². The normalized spacial score (nSPS) is 16.2. The summed E-state index contributed by atoms with van der Waals surface area (Å²) in [7, 11) is 0. The number of hydrogen-bond donors (Lipinski definition) is 1. The number of nitrogens with two attached hydrogens (primary N) is 1. The number of rotatable bonds is 1. The molecule has 0 saturated heterocycles. The van der Waals surface area contributed by atoms with Crippen LogP contribution < -0.4 is 5.73 Å². The van der Waals surface area contributed by atoms with Gasteiger partial charge in [0, 0.05) is 0 Å². The zero-order valence-electron chi connectivity index (χ0n) is 4.16. The Labute approximate surface area is 46.1 Å². The van der Waals surface area contributed by atoms with Crippen LogP contribution in [0.2, 0.25) is 0 Å². The summed E-state index contributed by atoms with van der Waals surface area (Å²) >= 11 is 0. The van der Waals surface area contributed by atoms with E-state index in [1.165, 1.54) is 6.34 Å². The van der Waals surface area contributed by atoms with Gasteiger partial charge in [-0.3, -0.25) is 9.79 Å². The van der Waals surface area contributed by atoms with Gasteiger partial charge in [-0.2, -0.15) is 0 Å². The summed E-state index contributed by atoms with van der Waals surface area (Å²) < 4.78 is 0. The molecule has 0 saturated carbocycles. The number of carbonyl (C=O) groups is 1. The Bertz CT molecular complexity index is 170. The van der Waals surface area contributed by atoms with Crippen LogP contribution in [0.3, 0.4) is 0 Å². The fourth-order valence-electron chi connectivity index (χ4n) is 0.420. The van der Waals surface area contributed by atoms with Crippen molar-refractivity contribution >= 4 is 18.0 Å². The minimum Gasteiger partial charge on any atom is -0.364 e. The second-order valence-electron chi connectivity index (χ2n) is 1.40. The minimum absolute atomic E-state index is 0.338. The molecule has 0 aromatic rings. The van der Waals surface area contributed by atoms with Crippen molar-refractivity contribution in [3.05, 3.63) is 0 Å². The van der Waals surface area contributed by atoms with Gasteiger partial charge in [-0.25, -0.2) is 4.99 Å². The molecule has 1 aliphatic heterocycles. The number of hydrogen-bond acceptors (Lipinski definition) is 3. The molecule has 42 valence electrons. The molecule has 4 heteroatoms. The molecule has 0 radical (unpaired) electrons. The lowest BCUT2D eigenvalue weighted by Crippen LogP contribution is -2.23. The van der Waals surface area contributed by atoms with Crippen LogP contribution in [0, 0.1) is 0 Å². The lowest BCUT2D eigenvalue weighted by molar-refractivity contribution is -0.112. The first-order valence-corrected chi connectivity index (χ1v) is 2.15. The predicted molar refractivity (Wildman–Crippen MR) is 30.0 cm³/mol. The van der Waals surface area contributed by atoms with Gasteiger partial charge in [0.15, 0.2) is 0 Å². The van der Waals surface area contributed by atoms with Crippen LogP contribution in [0.5, 0.6) is 0 Å². The number of aliphatic imine (C=N–C) groups is 2. The van der Waals surface area contributed by atoms with Gasteiger partial charge in [0.05, 0.1) is 6.54 Å². The first-order chi connectivity index (χ1) is 3.80. The maximum atomic E-state index is 10.2. The third-order valence-corrected chi connectivity index (χ3v) is 0.821. The molecule has 2 N–H and O–H groups in total. The zero-order chi connectivity index (χ0) is 5.98. The molecule has 0 unspecified atom stereocenters. The topological polar surface area (TPSA) is 67.8 Å². The third kappa shape index (κ3) is 0.726. The molecule has 1 aliphatic rings. The summed E-state index contributed by atoms with van der Waals surface area (Å²) in [4.78, 5) is 17.5. The zero-order valence-corrected chi connectivity index (χ0v) is 4.16. The van der Waals surface area contributed by atoms with E-state index in [4.69, 9.17) is 5.73 Å². The molecule has 0 bridgehead atoms. The summed E-state index contributed by atoms with van der Waals surface area (Å²) in [5.74, 6) is -0.484. The molecule has 1 rings (SSSR count). The van der Waals surface area contributed by atoms with Crippen molar-refractivity contribution in [2.24, 2.45) is 15.7 Å². The Hall–Kier alpha value is -1.19. The molecular formula is C4H5N3O. The smallest absolute Gasteiger partial charge is 0.265 e. The second kappa shape index (κ2) is 1.73. The molecular weight excluding hydrogens is 106 g/mol. The Kier molecular flexibility index (Phi) is 1.07. The highest BCUT2D eigenvalue weighted by Crippen LogP contribution is 1.85. The van der Waals surface area contributed by atoms with Crippen molar-refractivity contribution in [3.63, 3.8) is 0 Å². The van der Waals surface area contributed by atoms with Crippen LogP contribution in [-0.4, -0.2) is 24.5 Å². The van der Waals surface area contributed by atoms with Gasteiger partial charge in [0.25, 0.3) is 5.91 Å². The van der Waals surface area contributed by atoms with Gasteiger partial charge in [-0.15, -0.1) is 0 Å². The maximum Gasteiger partial charge on any atom is 0.265 e. The van der Waals surface area contributed by atoms with Gasteiger partial charge >= 0.3 is 0 Å². The van der Waals surface area contributed by atoms with Crippen molar-refractivity contribution in [3.8, 4) is 0 Å². The van der Waals surface area contributed by atoms with Crippen molar-refractivity contribution in [2.45, 2.75) is 0 Å². The summed E-state index contributed by atoms with van der Waals surface area (Å²) in [5.41, 5.74) is 5.19. The first-order valence-electron chi connectivity index (χ1n) is 2.15. The molecule has 8 heavy (non-hydrogen) atoms. The molecule has 0 atom stereocenters. The summed E-state index contributed by atoms with van der Waals surface area (Å²) in [6.45, 7) is 0.343. The minimum atomic E-state index is -0.484. The molecule has 0 aliphatic carbocycles. The lowest BCUT2D eigenvalue weighted by Gasteiger charge is -1.85. The quantitative estimate of drug-likeness (QED) is 0.461. The first kappa shape index (κ1) is 4.96. The Morgan fingerprint density at radius 3 is 2.88 bits per heavy atom. The van der Waals surface area contributed by atoms with Gasteiger partial charge in [0.1, 0.15) is 12.1 Å². The lowest BCUT2D eigenvalue weighted by atomic mass is 10.4. The van der Waals surface area contributed by atoms with E-state index >= 15 is 0 Å². The largest absolute Gasteiger partial charge is 0.364 e. The second-order valence-corrected chi connectivity index (χ2v) is 1.40. The molecule has 0 spiro atoms. The average Bonchev–Trinajstić information content (AvgIpc) is 2.12. The van der Waals surface area contributed by atoms with Crippen LogP contribution in [0.25, 0.3) is 0 Å². The van der Waals surface area contributed by atoms with E-state index in [9.17, 15) is 4.79 Å². The van der Waals surface area contributed by atoms with Crippen molar-refractivity contribution in [1.82, 2.24) is 0 Å². The van der Waals surface area contributed by atoms with Crippen LogP contribution in [0.1, 0.15) is 0 Å². The maximum absolute atomic E-state index is 10.2. The fourth-order valence-corrected chi connectivity index (χ4v) is 0.420. The summed E-state index contributed by atoms with van der Waals surface area (Å²) in [6, 6.07) is 0. The van der Waals surface area contributed by atoms with E-state index < -0.39 is 5.91 Å². The number of nitrogens with zero attached hydrogens (tertiary/aromatic N) is 2. The van der Waals surface area contributed by atoms with Crippen LogP contribution >= 0.6 is 0 Å². The monoisotopic (exact) mass is 111 g/mol. The molecule has 0 aromatic carbocycles. The summed E-state index contributed by atoms with van der Waals surface area (Å²) in [6.07, 6.45) is 1.33. The predicted octanol–water partition coefficient (Wildman–Crippen LogP) is -1.05. The van der Waals surface area contributed by atoms with Gasteiger partial charge in [-0.05, 0) is 0 Å².